The Hall–Kier alpha value is -2.99. The monoisotopic (exact) mass is 391 g/mol. The van der Waals surface area contributed by atoms with Gasteiger partial charge in [-0.05, 0) is 18.6 Å². The van der Waals surface area contributed by atoms with E-state index in [0.717, 1.165) is 36.1 Å². The first kappa shape index (κ1) is 18.4. The Bertz CT molecular complexity index is 1180. The SMILES string of the molecule is CCCCCOc1ccccc1/C=c1/sc2nc(-c3ccccc3)nn2c1=O. The highest BCUT2D eigenvalue weighted by Gasteiger charge is 2.12. The van der Waals surface area contributed by atoms with Gasteiger partial charge >= 0.3 is 0 Å². The number of aromatic nitrogens is 3. The van der Waals surface area contributed by atoms with Gasteiger partial charge < -0.3 is 4.74 Å². The summed E-state index contributed by atoms with van der Waals surface area (Å²) in [6, 6.07) is 17.5. The van der Waals surface area contributed by atoms with Crippen LogP contribution in [0, 0.1) is 0 Å². The summed E-state index contributed by atoms with van der Waals surface area (Å²) in [5, 5.41) is 4.39. The van der Waals surface area contributed by atoms with E-state index in [0.29, 0.717) is 21.9 Å². The first-order valence-corrected chi connectivity index (χ1v) is 10.3. The largest absolute Gasteiger partial charge is 0.493 e. The molecule has 0 radical (unpaired) electrons. The predicted molar refractivity (Wildman–Crippen MR) is 113 cm³/mol. The number of benzene rings is 2. The van der Waals surface area contributed by atoms with Gasteiger partial charge in [-0.1, -0.05) is 79.6 Å². The van der Waals surface area contributed by atoms with E-state index in [-0.39, 0.29) is 5.56 Å². The molecule has 2 aromatic carbocycles. The van der Waals surface area contributed by atoms with Crippen molar-refractivity contribution in [3.8, 4) is 17.1 Å². The van der Waals surface area contributed by atoms with Gasteiger partial charge in [-0.15, -0.1) is 5.10 Å². The van der Waals surface area contributed by atoms with Crippen molar-refractivity contribution in [2.75, 3.05) is 6.61 Å². The minimum atomic E-state index is -0.157. The average molecular weight is 391 g/mol. The van der Waals surface area contributed by atoms with Crippen molar-refractivity contribution in [1.82, 2.24) is 14.6 Å². The first-order chi connectivity index (χ1) is 13.8. The second-order valence-corrected chi connectivity index (χ2v) is 7.51. The number of para-hydroxylation sites is 1. The van der Waals surface area contributed by atoms with Crippen LogP contribution in [-0.2, 0) is 0 Å². The summed E-state index contributed by atoms with van der Waals surface area (Å²) in [6.07, 6.45) is 5.19. The normalized spacial score (nSPS) is 12.0. The fourth-order valence-electron chi connectivity index (χ4n) is 2.95. The van der Waals surface area contributed by atoms with E-state index in [2.05, 4.69) is 17.0 Å². The molecule has 5 nitrogen and oxygen atoms in total. The molecule has 2 aromatic heterocycles. The molecule has 0 saturated heterocycles. The molecule has 0 aliphatic carbocycles. The molecule has 0 aliphatic heterocycles. The minimum absolute atomic E-state index is 0.157. The lowest BCUT2D eigenvalue weighted by Gasteiger charge is -2.08. The second-order valence-electron chi connectivity index (χ2n) is 6.51. The van der Waals surface area contributed by atoms with Crippen LogP contribution in [0.15, 0.2) is 59.4 Å². The van der Waals surface area contributed by atoms with Gasteiger partial charge in [0, 0.05) is 11.1 Å². The lowest BCUT2D eigenvalue weighted by atomic mass is 10.2. The Kier molecular flexibility index (Phi) is 5.48. The number of rotatable bonds is 7. The number of thiazole rings is 1. The Balaban J connectivity index is 1.66. The van der Waals surface area contributed by atoms with Crippen molar-refractivity contribution >= 4 is 22.4 Å². The number of nitrogens with zero attached hydrogens (tertiary/aromatic N) is 3. The number of unbranched alkanes of at least 4 members (excludes halogenated alkanes) is 2. The number of ether oxygens (including phenoxy) is 1. The van der Waals surface area contributed by atoms with Crippen molar-refractivity contribution in [2.45, 2.75) is 26.2 Å². The summed E-state index contributed by atoms with van der Waals surface area (Å²) in [4.78, 5) is 17.9. The molecule has 0 unspecified atom stereocenters. The summed E-state index contributed by atoms with van der Waals surface area (Å²) >= 11 is 1.34. The molecule has 0 N–H and O–H groups in total. The molecule has 2 heterocycles. The molecule has 0 amide bonds. The van der Waals surface area contributed by atoms with Crippen LogP contribution in [-0.4, -0.2) is 21.2 Å². The van der Waals surface area contributed by atoms with Crippen LogP contribution in [0.25, 0.3) is 22.4 Å². The van der Waals surface area contributed by atoms with Crippen molar-refractivity contribution in [1.29, 1.82) is 0 Å². The summed E-state index contributed by atoms with van der Waals surface area (Å²) in [5.74, 6) is 1.36. The van der Waals surface area contributed by atoms with Crippen LogP contribution >= 0.6 is 11.3 Å². The lowest BCUT2D eigenvalue weighted by molar-refractivity contribution is 0.305. The van der Waals surface area contributed by atoms with Crippen LogP contribution in [0.4, 0.5) is 0 Å². The third kappa shape index (κ3) is 3.82. The van der Waals surface area contributed by atoms with E-state index in [1.54, 1.807) is 0 Å². The fourth-order valence-corrected chi connectivity index (χ4v) is 3.85. The van der Waals surface area contributed by atoms with Gasteiger partial charge in [0.1, 0.15) is 5.75 Å². The van der Waals surface area contributed by atoms with Crippen molar-refractivity contribution < 1.29 is 4.74 Å². The molecule has 0 saturated carbocycles. The van der Waals surface area contributed by atoms with E-state index in [9.17, 15) is 4.79 Å². The van der Waals surface area contributed by atoms with Gasteiger partial charge in [0.2, 0.25) is 4.96 Å². The maximum absolute atomic E-state index is 12.8. The van der Waals surface area contributed by atoms with Gasteiger partial charge in [0.15, 0.2) is 5.82 Å². The molecule has 0 atom stereocenters. The van der Waals surface area contributed by atoms with Crippen LogP contribution in [0.5, 0.6) is 5.75 Å². The van der Waals surface area contributed by atoms with Crippen molar-refractivity contribution in [3.05, 3.63) is 75.0 Å². The van der Waals surface area contributed by atoms with E-state index in [1.807, 2.05) is 60.7 Å². The lowest BCUT2D eigenvalue weighted by Crippen LogP contribution is -2.23. The zero-order valence-electron chi connectivity index (χ0n) is 15.7. The van der Waals surface area contributed by atoms with E-state index in [1.165, 1.54) is 15.9 Å². The average Bonchev–Trinajstić information content (AvgIpc) is 3.27. The van der Waals surface area contributed by atoms with E-state index >= 15 is 0 Å². The van der Waals surface area contributed by atoms with Gasteiger partial charge in [-0.25, -0.2) is 0 Å². The molecular formula is C22H21N3O2S. The third-order valence-electron chi connectivity index (χ3n) is 4.42. The van der Waals surface area contributed by atoms with Crippen LogP contribution < -0.4 is 14.8 Å². The standard InChI is InChI=1S/C22H21N3O2S/c1-2-3-9-14-27-18-13-8-7-12-17(18)15-19-21(26)25-22(28-19)23-20(24-25)16-10-5-4-6-11-16/h4-8,10-13,15H,2-3,9,14H2,1H3/b19-15+. The zero-order chi connectivity index (χ0) is 19.3. The molecule has 0 bridgehead atoms. The molecule has 0 aliphatic rings. The Morgan fingerprint density at radius 2 is 1.86 bits per heavy atom. The van der Waals surface area contributed by atoms with E-state index < -0.39 is 0 Å². The molecule has 0 spiro atoms. The molecule has 4 rings (SSSR count). The number of fused-ring (bicyclic) bond motifs is 1. The van der Waals surface area contributed by atoms with Crippen LogP contribution in [0.1, 0.15) is 31.7 Å². The topological polar surface area (TPSA) is 56.5 Å². The Labute approximate surface area is 166 Å². The van der Waals surface area contributed by atoms with Gasteiger partial charge in [0.25, 0.3) is 5.56 Å². The van der Waals surface area contributed by atoms with Gasteiger partial charge in [-0.2, -0.15) is 9.50 Å². The van der Waals surface area contributed by atoms with Gasteiger partial charge in [0.05, 0.1) is 11.1 Å². The summed E-state index contributed by atoms with van der Waals surface area (Å²) in [7, 11) is 0. The number of hydrogen-bond acceptors (Lipinski definition) is 5. The highest BCUT2D eigenvalue weighted by Crippen LogP contribution is 2.20. The smallest absolute Gasteiger partial charge is 0.291 e. The molecule has 4 aromatic rings. The van der Waals surface area contributed by atoms with Gasteiger partial charge in [-0.3, -0.25) is 4.79 Å². The highest BCUT2D eigenvalue weighted by molar-refractivity contribution is 7.15. The molecular weight excluding hydrogens is 370 g/mol. The molecule has 142 valence electrons. The highest BCUT2D eigenvalue weighted by atomic mass is 32.1. The van der Waals surface area contributed by atoms with E-state index in [4.69, 9.17) is 4.74 Å². The Morgan fingerprint density at radius 1 is 1.07 bits per heavy atom. The minimum Gasteiger partial charge on any atom is -0.493 e. The zero-order valence-corrected chi connectivity index (χ0v) is 16.5. The number of hydrogen-bond donors (Lipinski definition) is 0. The summed E-state index contributed by atoms with van der Waals surface area (Å²) in [5.41, 5.74) is 1.63. The third-order valence-corrected chi connectivity index (χ3v) is 5.38. The molecule has 28 heavy (non-hydrogen) atoms. The second kappa shape index (κ2) is 8.35. The van der Waals surface area contributed by atoms with Crippen LogP contribution in [0.2, 0.25) is 0 Å². The summed E-state index contributed by atoms with van der Waals surface area (Å²) in [6.45, 7) is 2.85. The summed E-state index contributed by atoms with van der Waals surface area (Å²) < 4.78 is 7.89. The van der Waals surface area contributed by atoms with Crippen molar-refractivity contribution in [2.24, 2.45) is 0 Å². The Morgan fingerprint density at radius 3 is 2.64 bits per heavy atom. The maximum atomic E-state index is 12.8. The molecule has 0 fully saturated rings. The quantitative estimate of drug-likeness (QED) is 0.448. The first-order valence-electron chi connectivity index (χ1n) is 9.45. The predicted octanol–water partition coefficient (Wildman–Crippen LogP) is 3.93. The maximum Gasteiger partial charge on any atom is 0.291 e. The van der Waals surface area contributed by atoms with Crippen LogP contribution in [0.3, 0.4) is 0 Å². The molecule has 6 heteroatoms. The van der Waals surface area contributed by atoms with Crippen molar-refractivity contribution in [3.63, 3.8) is 0 Å². The fraction of sp³-hybridized carbons (Fsp3) is 0.227.